The highest BCUT2D eigenvalue weighted by Gasteiger charge is 2.15. The Morgan fingerprint density at radius 2 is 2.11 bits per heavy atom. The highest BCUT2D eigenvalue weighted by atomic mass is 32.2. The van der Waals surface area contributed by atoms with Crippen LogP contribution in [0.2, 0.25) is 0 Å². The summed E-state index contributed by atoms with van der Waals surface area (Å²) in [6.45, 7) is 8.68. The van der Waals surface area contributed by atoms with Crippen molar-refractivity contribution >= 4 is 22.9 Å². The predicted octanol–water partition coefficient (Wildman–Crippen LogP) is 3.07. The highest BCUT2D eigenvalue weighted by Crippen LogP contribution is 2.24. The molecule has 4 nitrogen and oxygen atoms in total. The first-order valence-electron chi connectivity index (χ1n) is 6.08. The first kappa shape index (κ1) is 13.4. The summed E-state index contributed by atoms with van der Waals surface area (Å²) >= 11 is 1.73. The molecule has 0 aliphatic rings. The second-order valence-corrected chi connectivity index (χ2v) is 7.19. The monoisotopic (exact) mass is 264 g/mol. The van der Waals surface area contributed by atoms with E-state index in [0.717, 1.165) is 16.6 Å². The van der Waals surface area contributed by atoms with Gasteiger partial charge in [-0.2, -0.15) is 5.10 Å². The molecule has 2 aromatic heterocycles. The van der Waals surface area contributed by atoms with Crippen molar-refractivity contribution < 1.29 is 0 Å². The lowest BCUT2D eigenvalue weighted by Crippen LogP contribution is -2.20. The van der Waals surface area contributed by atoms with Gasteiger partial charge in [-0.05, 0) is 33.8 Å². The van der Waals surface area contributed by atoms with Crippen molar-refractivity contribution in [3.63, 3.8) is 0 Å². The van der Waals surface area contributed by atoms with Crippen LogP contribution in [-0.4, -0.2) is 19.5 Å². The molecule has 1 atom stereocenters. The van der Waals surface area contributed by atoms with Gasteiger partial charge >= 0.3 is 0 Å². The average Bonchev–Trinajstić information content (AvgIpc) is 2.63. The molecule has 0 aromatic carbocycles. The van der Waals surface area contributed by atoms with Gasteiger partial charge in [0, 0.05) is 29.6 Å². The molecule has 2 aromatic rings. The summed E-state index contributed by atoms with van der Waals surface area (Å²) in [6, 6.07) is 2.26. The molecule has 0 bridgehead atoms. The van der Waals surface area contributed by atoms with E-state index in [1.165, 1.54) is 0 Å². The van der Waals surface area contributed by atoms with Gasteiger partial charge in [0.25, 0.3) is 0 Å². The molecule has 2 heterocycles. The Kier molecular flexibility index (Phi) is 3.64. The minimum atomic E-state index is 0.198. The predicted molar refractivity (Wildman–Crippen MR) is 77.4 cm³/mol. The third kappa shape index (κ3) is 3.23. The molecule has 0 unspecified atom stereocenters. The molecule has 0 aliphatic carbocycles. The Bertz CT molecular complexity index is 541. The first-order valence-corrected chi connectivity index (χ1v) is 6.89. The standard InChI is InChI=1S/C13H20N4S/c1-9(16-18-13(2,3)4)11-6-12-10(7-14-11)8-17(5)15-12/h6-9,16H,1-5H3/t9-/m1/s1. The Morgan fingerprint density at radius 3 is 2.78 bits per heavy atom. The van der Waals surface area contributed by atoms with Crippen molar-refractivity contribution in [3.8, 4) is 0 Å². The molecule has 0 amide bonds. The van der Waals surface area contributed by atoms with E-state index < -0.39 is 0 Å². The topological polar surface area (TPSA) is 42.7 Å². The molecule has 0 saturated carbocycles. The largest absolute Gasteiger partial charge is 0.275 e. The summed E-state index contributed by atoms with van der Waals surface area (Å²) in [5.41, 5.74) is 2.02. The van der Waals surface area contributed by atoms with E-state index in [-0.39, 0.29) is 10.8 Å². The molecule has 0 radical (unpaired) electrons. The Hall–Kier alpha value is -1.07. The van der Waals surface area contributed by atoms with E-state index in [2.05, 4.69) is 48.6 Å². The molecular weight excluding hydrogens is 244 g/mol. The molecule has 0 saturated heterocycles. The number of rotatable bonds is 3. The van der Waals surface area contributed by atoms with Crippen LogP contribution in [0, 0.1) is 0 Å². The van der Waals surface area contributed by atoms with Crippen molar-refractivity contribution in [2.75, 3.05) is 0 Å². The normalized spacial score (nSPS) is 14.1. The van der Waals surface area contributed by atoms with E-state index in [1.54, 1.807) is 11.9 Å². The van der Waals surface area contributed by atoms with Crippen molar-refractivity contribution in [1.82, 2.24) is 19.5 Å². The first-order chi connectivity index (χ1) is 8.35. The van der Waals surface area contributed by atoms with Crippen LogP contribution in [-0.2, 0) is 7.05 Å². The molecule has 2 rings (SSSR count). The van der Waals surface area contributed by atoms with Gasteiger partial charge in [-0.15, -0.1) is 0 Å². The van der Waals surface area contributed by atoms with Crippen LogP contribution in [0.5, 0.6) is 0 Å². The molecule has 98 valence electrons. The van der Waals surface area contributed by atoms with E-state index in [4.69, 9.17) is 0 Å². The van der Waals surface area contributed by atoms with Gasteiger partial charge in [-0.1, -0.05) is 11.9 Å². The summed E-state index contributed by atoms with van der Waals surface area (Å²) < 4.78 is 5.45. The van der Waals surface area contributed by atoms with Crippen LogP contribution < -0.4 is 4.72 Å². The van der Waals surface area contributed by atoms with Gasteiger partial charge in [0.15, 0.2) is 0 Å². The van der Waals surface area contributed by atoms with Gasteiger partial charge in [0.05, 0.1) is 17.3 Å². The number of fused-ring (bicyclic) bond motifs is 1. The molecule has 0 spiro atoms. The van der Waals surface area contributed by atoms with Crippen LogP contribution in [0.1, 0.15) is 39.4 Å². The number of pyridine rings is 1. The molecule has 18 heavy (non-hydrogen) atoms. The molecule has 0 fully saturated rings. The maximum Gasteiger partial charge on any atom is 0.0957 e. The number of hydrogen-bond donors (Lipinski definition) is 1. The lowest BCUT2D eigenvalue weighted by molar-refractivity contribution is 0.705. The van der Waals surface area contributed by atoms with Crippen molar-refractivity contribution in [1.29, 1.82) is 0 Å². The number of nitrogens with one attached hydrogen (secondary N) is 1. The van der Waals surface area contributed by atoms with Crippen molar-refractivity contribution in [2.24, 2.45) is 7.05 Å². The number of nitrogens with zero attached hydrogens (tertiary/aromatic N) is 3. The van der Waals surface area contributed by atoms with Crippen LogP contribution in [0.25, 0.3) is 10.9 Å². The lowest BCUT2D eigenvalue weighted by atomic mass is 10.2. The van der Waals surface area contributed by atoms with Gasteiger partial charge < -0.3 is 0 Å². The van der Waals surface area contributed by atoms with Crippen LogP contribution >= 0.6 is 11.9 Å². The number of aryl methyl sites for hydroxylation is 1. The zero-order chi connectivity index (χ0) is 13.3. The highest BCUT2D eigenvalue weighted by molar-refractivity contribution is 7.98. The third-order valence-corrected chi connectivity index (χ3v) is 3.59. The van der Waals surface area contributed by atoms with E-state index in [9.17, 15) is 0 Å². The Balaban J connectivity index is 2.14. The molecule has 5 heteroatoms. The summed E-state index contributed by atoms with van der Waals surface area (Å²) in [5.74, 6) is 0. The fraction of sp³-hybridized carbons (Fsp3) is 0.538. The van der Waals surface area contributed by atoms with Gasteiger partial charge in [0.2, 0.25) is 0 Å². The smallest absolute Gasteiger partial charge is 0.0957 e. The zero-order valence-electron chi connectivity index (χ0n) is 11.6. The molecule has 0 aliphatic heterocycles. The second-order valence-electron chi connectivity index (χ2n) is 5.52. The molecule has 1 N–H and O–H groups in total. The summed E-state index contributed by atoms with van der Waals surface area (Å²) in [4.78, 5) is 4.49. The van der Waals surface area contributed by atoms with Crippen LogP contribution in [0.3, 0.4) is 0 Å². The van der Waals surface area contributed by atoms with Gasteiger partial charge in [0.1, 0.15) is 0 Å². The Morgan fingerprint density at radius 1 is 1.39 bits per heavy atom. The third-order valence-electron chi connectivity index (χ3n) is 2.51. The summed E-state index contributed by atoms with van der Waals surface area (Å²) in [7, 11) is 1.93. The van der Waals surface area contributed by atoms with Crippen molar-refractivity contribution in [2.45, 2.75) is 38.5 Å². The fourth-order valence-corrected chi connectivity index (χ4v) is 2.27. The van der Waals surface area contributed by atoms with Gasteiger partial charge in [-0.3, -0.25) is 14.4 Å². The maximum atomic E-state index is 4.49. The quantitative estimate of drug-likeness (QED) is 0.865. The summed E-state index contributed by atoms with van der Waals surface area (Å²) in [6.07, 6.45) is 3.87. The lowest BCUT2D eigenvalue weighted by Gasteiger charge is -2.21. The second kappa shape index (κ2) is 4.90. The van der Waals surface area contributed by atoms with Crippen LogP contribution in [0.4, 0.5) is 0 Å². The minimum absolute atomic E-state index is 0.198. The minimum Gasteiger partial charge on any atom is -0.275 e. The van der Waals surface area contributed by atoms with Crippen molar-refractivity contribution in [3.05, 3.63) is 24.2 Å². The molecular formula is C13H20N4S. The van der Waals surface area contributed by atoms with Crippen LogP contribution in [0.15, 0.2) is 18.5 Å². The Labute approximate surface area is 112 Å². The number of hydrogen-bond acceptors (Lipinski definition) is 4. The van der Waals surface area contributed by atoms with E-state index in [0.29, 0.717) is 0 Å². The fourth-order valence-electron chi connectivity index (χ4n) is 1.62. The van der Waals surface area contributed by atoms with E-state index in [1.807, 2.05) is 24.1 Å². The summed E-state index contributed by atoms with van der Waals surface area (Å²) in [5, 5.41) is 5.49. The van der Waals surface area contributed by atoms with Gasteiger partial charge in [-0.25, -0.2) is 0 Å². The average molecular weight is 264 g/mol. The SMILES string of the molecule is C[C@@H](NSC(C)(C)C)c1cc2nn(C)cc2cn1. The van der Waals surface area contributed by atoms with E-state index >= 15 is 0 Å². The maximum absolute atomic E-state index is 4.49. The number of aromatic nitrogens is 3. The zero-order valence-corrected chi connectivity index (χ0v) is 12.4.